The number of halogens is 6. The fourth-order valence-electron chi connectivity index (χ4n) is 1.25. The van der Waals surface area contributed by atoms with Crippen molar-refractivity contribution in [2.75, 3.05) is 0 Å². The number of hydrogen-bond donors (Lipinski definition) is 1. The Morgan fingerprint density at radius 2 is 1.53 bits per heavy atom. The molecule has 1 heterocycles. The van der Waals surface area contributed by atoms with Gasteiger partial charge in [0.05, 0.1) is 11.7 Å². The Balaban J connectivity index is 3.09. The summed E-state index contributed by atoms with van der Waals surface area (Å²) in [6.45, 7) is 0. The second-order valence-corrected chi connectivity index (χ2v) is 3.22. The molecule has 0 bridgehead atoms. The summed E-state index contributed by atoms with van der Waals surface area (Å²) in [7, 11) is 0. The number of nitrogens with zero attached hydrogens (tertiary/aromatic N) is 2. The van der Waals surface area contributed by atoms with Crippen LogP contribution in [-0.2, 0) is 0 Å². The molecule has 1 aromatic rings. The third-order valence-corrected chi connectivity index (χ3v) is 1.99. The number of alkyl halides is 6. The van der Waals surface area contributed by atoms with Crippen LogP contribution in [0.25, 0.3) is 0 Å². The lowest BCUT2D eigenvalue weighted by atomic mass is 9.96. The molecule has 17 heavy (non-hydrogen) atoms. The van der Waals surface area contributed by atoms with Crippen molar-refractivity contribution in [1.29, 1.82) is 0 Å². The highest BCUT2D eigenvalue weighted by molar-refractivity contribution is 5.05. The quantitative estimate of drug-likeness (QED) is 0.828. The second kappa shape index (κ2) is 4.47. The number of nitrogens with two attached hydrogens (primary N) is 1. The molecule has 1 rings (SSSR count). The van der Waals surface area contributed by atoms with Gasteiger partial charge in [-0.2, -0.15) is 26.3 Å². The first kappa shape index (κ1) is 13.7. The van der Waals surface area contributed by atoms with Crippen LogP contribution in [0.1, 0.15) is 11.7 Å². The van der Waals surface area contributed by atoms with E-state index in [0.29, 0.717) is 0 Å². The monoisotopic (exact) mass is 259 g/mol. The molecule has 96 valence electrons. The van der Waals surface area contributed by atoms with Crippen molar-refractivity contribution in [2.45, 2.75) is 18.4 Å². The lowest BCUT2D eigenvalue weighted by Crippen LogP contribution is -2.44. The Bertz CT molecular complexity index is 346. The minimum atomic E-state index is -5.49. The van der Waals surface area contributed by atoms with Crippen LogP contribution in [0.2, 0.25) is 0 Å². The van der Waals surface area contributed by atoms with Crippen molar-refractivity contribution < 1.29 is 26.3 Å². The van der Waals surface area contributed by atoms with Crippen LogP contribution in [-0.4, -0.2) is 22.3 Å². The Labute approximate surface area is 91.7 Å². The molecule has 1 atom stereocenters. The van der Waals surface area contributed by atoms with Crippen LogP contribution in [0.15, 0.2) is 18.6 Å². The number of aromatic nitrogens is 2. The zero-order valence-corrected chi connectivity index (χ0v) is 8.13. The van der Waals surface area contributed by atoms with Gasteiger partial charge in [-0.3, -0.25) is 9.97 Å². The van der Waals surface area contributed by atoms with Crippen molar-refractivity contribution in [1.82, 2.24) is 9.97 Å². The molecule has 0 saturated heterocycles. The highest BCUT2D eigenvalue weighted by Crippen LogP contribution is 2.44. The highest BCUT2D eigenvalue weighted by Gasteiger charge is 2.60. The molecule has 0 aliphatic carbocycles. The van der Waals surface area contributed by atoms with E-state index in [4.69, 9.17) is 5.73 Å². The molecule has 0 aromatic carbocycles. The number of rotatable bonds is 2. The molecule has 0 saturated carbocycles. The summed E-state index contributed by atoms with van der Waals surface area (Å²) in [6.07, 6.45) is -8.12. The first-order valence-corrected chi connectivity index (χ1v) is 4.29. The van der Waals surface area contributed by atoms with Crippen LogP contribution < -0.4 is 5.73 Å². The van der Waals surface area contributed by atoms with E-state index < -0.39 is 30.0 Å². The lowest BCUT2D eigenvalue weighted by Gasteiger charge is -2.27. The smallest absolute Gasteiger partial charge is 0.322 e. The predicted molar refractivity (Wildman–Crippen MR) is 44.6 cm³/mol. The van der Waals surface area contributed by atoms with Gasteiger partial charge in [-0.1, -0.05) is 0 Å². The third-order valence-electron chi connectivity index (χ3n) is 1.99. The van der Waals surface area contributed by atoms with Gasteiger partial charge in [0.2, 0.25) is 0 Å². The maximum Gasteiger partial charge on any atom is 0.402 e. The van der Waals surface area contributed by atoms with Crippen molar-refractivity contribution in [3.05, 3.63) is 24.3 Å². The first-order valence-electron chi connectivity index (χ1n) is 4.29. The van der Waals surface area contributed by atoms with Crippen molar-refractivity contribution >= 4 is 0 Å². The topological polar surface area (TPSA) is 51.8 Å². The summed E-state index contributed by atoms with van der Waals surface area (Å²) in [5, 5.41) is 0. The fourth-order valence-corrected chi connectivity index (χ4v) is 1.25. The van der Waals surface area contributed by atoms with E-state index in [2.05, 4.69) is 9.97 Å². The van der Waals surface area contributed by atoms with Crippen molar-refractivity contribution in [3.8, 4) is 0 Å². The van der Waals surface area contributed by atoms with Gasteiger partial charge in [-0.15, -0.1) is 0 Å². The van der Waals surface area contributed by atoms with Crippen LogP contribution in [0.4, 0.5) is 26.3 Å². The molecule has 9 heteroatoms. The summed E-state index contributed by atoms with van der Waals surface area (Å²) in [4.78, 5) is 6.71. The molecule has 0 amide bonds. The molecule has 2 N–H and O–H groups in total. The van der Waals surface area contributed by atoms with Crippen LogP contribution in [0.5, 0.6) is 0 Å². The van der Waals surface area contributed by atoms with Crippen LogP contribution >= 0.6 is 0 Å². The third kappa shape index (κ3) is 3.29. The molecule has 0 radical (unpaired) electrons. The van der Waals surface area contributed by atoms with Gasteiger partial charge < -0.3 is 5.73 Å². The van der Waals surface area contributed by atoms with E-state index in [-0.39, 0.29) is 0 Å². The Hall–Kier alpha value is -1.38. The molecular formula is C8H7F6N3. The van der Waals surface area contributed by atoms with Gasteiger partial charge in [0.15, 0.2) is 5.92 Å². The summed E-state index contributed by atoms with van der Waals surface area (Å²) in [5.41, 5.74) is 4.41. The standard InChI is InChI=1S/C8H7F6N3/c9-7(10,11)6(8(12,13)14)5(15)4-3-16-1-2-17-4/h1-3,5-6H,15H2. The lowest BCUT2D eigenvalue weighted by molar-refractivity contribution is -0.290. The van der Waals surface area contributed by atoms with Crippen molar-refractivity contribution in [3.63, 3.8) is 0 Å². The zero-order valence-electron chi connectivity index (χ0n) is 8.13. The molecule has 1 aromatic heterocycles. The molecule has 0 aliphatic heterocycles. The van der Waals surface area contributed by atoms with Gasteiger partial charge in [-0.25, -0.2) is 0 Å². The number of hydrogen-bond acceptors (Lipinski definition) is 3. The van der Waals surface area contributed by atoms with E-state index in [1.165, 1.54) is 0 Å². The largest absolute Gasteiger partial charge is 0.402 e. The molecule has 0 aliphatic rings. The summed E-state index contributed by atoms with van der Waals surface area (Å²) in [6, 6.07) is -2.33. The normalized spacial score (nSPS) is 15.1. The van der Waals surface area contributed by atoms with E-state index in [0.717, 1.165) is 18.6 Å². The van der Waals surface area contributed by atoms with E-state index in [1.807, 2.05) is 0 Å². The van der Waals surface area contributed by atoms with E-state index >= 15 is 0 Å². The summed E-state index contributed by atoms with van der Waals surface area (Å²) < 4.78 is 73.8. The summed E-state index contributed by atoms with van der Waals surface area (Å²) in [5.74, 6) is -3.66. The van der Waals surface area contributed by atoms with Gasteiger partial charge in [0.1, 0.15) is 0 Å². The molecule has 3 nitrogen and oxygen atoms in total. The Morgan fingerprint density at radius 3 is 1.88 bits per heavy atom. The average Bonchev–Trinajstić information content (AvgIpc) is 2.14. The average molecular weight is 259 g/mol. The second-order valence-electron chi connectivity index (χ2n) is 3.22. The van der Waals surface area contributed by atoms with Crippen LogP contribution in [0.3, 0.4) is 0 Å². The highest BCUT2D eigenvalue weighted by atomic mass is 19.4. The van der Waals surface area contributed by atoms with Crippen molar-refractivity contribution in [2.24, 2.45) is 11.7 Å². The minimum absolute atomic E-state index is 0.563. The SMILES string of the molecule is NC(c1cnccn1)C(C(F)(F)F)C(F)(F)F. The van der Waals surface area contributed by atoms with E-state index in [1.54, 1.807) is 0 Å². The first-order chi connectivity index (χ1) is 7.64. The van der Waals surface area contributed by atoms with Gasteiger partial charge in [0.25, 0.3) is 0 Å². The molecular weight excluding hydrogens is 252 g/mol. The molecule has 0 fully saturated rings. The summed E-state index contributed by atoms with van der Waals surface area (Å²) >= 11 is 0. The fraction of sp³-hybridized carbons (Fsp3) is 0.500. The van der Waals surface area contributed by atoms with Crippen LogP contribution in [0, 0.1) is 5.92 Å². The maximum absolute atomic E-state index is 12.3. The Kier molecular flexibility index (Phi) is 3.60. The molecule has 0 spiro atoms. The Morgan fingerprint density at radius 1 is 1.00 bits per heavy atom. The minimum Gasteiger partial charge on any atom is -0.322 e. The van der Waals surface area contributed by atoms with Gasteiger partial charge >= 0.3 is 12.4 Å². The predicted octanol–water partition coefficient (Wildman–Crippen LogP) is 2.22. The van der Waals surface area contributed by atoms with Gasteiger partial charge in [0, 0.05) is 18.6 Å². The zero-order chi connectivity index (χ0) is 13.3. The molecule has 1 unspecified atom stereocenters. The van der Waals surface area contributed by atoms with E-state index in [9.17, 15) is 26.3 Å². The maximum atomic E-state index is 12.3. The van der Waals surface area contributed by atoms with Gasteiger partial charge in [-0.05, 0) is 0 Å².